The molecule has 1 unspecified atom stereocenters. The van der Waals surface area contributed by atoms with Crippen molar-refractivity contribution >= 4 is 11.0 Å². The Balaban J connectivity index is 1.33. The van der Waals surface area contributed by atoms with Gasteiger partial charge < -0.3 is 14.3 Å². The fourth-order valence-electron chi connectivity index (χ4n) is 3.02. The smallest absolute Gasteiger partial charge is 0.134 e. The number of aromatic nitrogens is 3. The molecule has 0 saturated carbocycles. The molecule has 1 aliphatic heterocycles. The third kappa shape index (κ3) is 2.56. The highest BCUT2D eigenvalue weighted by molar-refractivity contribution is 5.77. The van der Waals surface area contributed by atoms with E-state index in [9.17, 15) is 0 Å². The molecule has 0 radical (unpaired) electrons. The second-order valence-electron chi connectivity index (χ2n) is 5.69. The van der Waals surface area contributed by atoms with Crippen LogP contribution < -0.4 is 5.32 Å². The number of nitrogens with zero attached hydrogens (tertiary/aromatic N) is 3. The first-order chi connectivity index (χ1) is 10.4. The van der Waals surface area contributed by atoms with Crippen LogP contribution in [0.2, 0.25) is 0 Å². The molecule has 1 aromatic carbocycles. The van der Waals surface area contributed by atoms with Gasteiger partial charge in [0.25, 0.3) is 0 Å². The topological polar surface area (TPSA) is 55.9 Å². The summed E-state index contributed by atoms with van der Waals surface area (Å²) in [5.41, 5.74) is 0.959. The average molecular weight is 282 g/mol. The molecule has 1 aliphatic rings. The first kappa shape index (κ1) is 12.6. The lowest BCUT2D eigenvalue weighted by molar-refractivity contribution is 0.342. The Bertz CT molecular complexity index is 712. The van der Waals surface area contributed by atoms with Crippen LogP contribution >= 0.6 is 0 Å². The van der Waals surface area contributed by atoms with Crippen LogP contribution in [0, 0.1) is 5.92 Å². The van der Waals surface area contributed by atoms with Gasteiger partial charge in [0.2, 0.25) is 0 Å². The molecular formula is C16H18N4O. The monoisotopic (exact) mass is 282 g/mol. The van der Waals surface area contributed by atoms with Crippen molar-refractivity contribution in [3.05, 3.63) is 48.2 Å². The summed E-state index contributed by atoms with van der Waals surface area (Å²) in [7, 11) is 0. The summed E-state index contributed by atoms with van der Waals surface area (Å²) in [5.74, 6) is 2.75. The van der Waals surface area contributed by atoms with Gasteiger partial charge in [-0.2, -0.15) is 0 Å². The van der Waals surface area contributed by atoms with E-state index in [4.69, 9.17) is 4.42 Å². The zero-order valence-electron chi connectivity index (χ0n) is 11.8. The van der Waals surface area contributed by atoms with Crippen molar-refractivity contribution in [1.29, 1.82) is 0 Å². The van der Waals surface area contributed by atoms with E-state index in [1.165, 1.54) is 11.8 Å². The summed E-state index contributed by atoms with van der Waals surface area (Å²) < 4.78 is 7.98. The fraction of sp³-hybridized carbons (Fsp3) is 0.375. The number of para-hydroxylation sites is 1. The van der Waals surface area contributed by atoms with E-state index < -0.39 is 0 Å². The minimum Gasteiger partial charge on any atom is -0.460 e. The van der Waals surface area contributed by atoms with Crippen LogP contribution in [0.25, 0.3) is 11.0 Å². The summed E-state index contributed by atoms with van der Waals surface area (Å²) >= 11 is 0. The van der Waals surface area contributed by atoms with Gasteiger partial charge in [-0.1, -0.05) is 18.2 Å². The van der Waals surface area contributed by atoms with E-state index in [1.807, 2.05) is 24.5 Å². The second kappa shape index (κ2) is 5.33. The number of aryl methyl sites for hydroxylation is 1. The van der Waals surface area contributed by atoms with Crippen molar-refractivity contribution in [3.8, 4) is 0 Å². The highest BCUT2D eigenvalue weighted by Gasteiger charge is 2.19. The number of fused-ring (bicyclic) bond motifs is 2. The van der Waals surface area contributed by atoms with Crippen LogP contribution in [0.15, 0.2) is 41.1 Å². The number of hydrogen-bond donors (Lipinski definition) is 1. The Labute approximate surface area is 123 Å². The minimum atomic E-state index is 0.637. The van der Waals surface area contributed by atoms with Crippen LogP contribution in [0.5, 0.6) is 0 Å². The van der Waals surface area contributed by atoms with Gasteiger partial charge in [-0.25, -0.2) is 0 Å². The number of furan rings is 1. The number of nitrogens with one attached hydrogen (secondary N) is 1. The van der Waals surface area contributed by atoms with Gasteiger partial charge in [-0.3, -0.25) is 0 Å². The largest absolute Gasteiger partial charge is 0.460 e. The predicted molar refractivity (Wildman–Crippen MR) is 79.8 cm³/mol. The Kier molecular flexibility index (Phi) is 3.20. The number of hydrogen-bond acceptors (Lipinski definition) is 4. The van der Waals surface area contributed by atoms with Crippen LogP contribution in [-0.2, 0) is 19.5 Å². The van der Waals surface area contributed by atoms with Crippen molar-refractivity contribution < 1.29 is 4.42 Å². The van der Waals surface area contributed by atoms with Crippen LogP contribution in [0.3, 0.4) is 0 Å². The minimum absolute atomic E-state index is 0.637. The van der Waals surface area contributed by atoms with Crippen molar-refractivity contribution in [2.75, 3.05) is 6.54 Å². The quantitative estimate of drug-likeness (QED) is 0.798. The lowest BCUT2D eigenvalue weighted by Crippen LogP contribution is -2.29. The molecule has 108 valence electrons. The predicted octanol–water partition coefficient (Wildman–Crippen LogP) is 2.38. The van der Waals surface area contributed by atoms with Gasteiger partial charge in [0.1, 0.15) is 23.5 Å². The molecule has 1 N–H and O–H groups in total. The molecule has 5 heteroatoms. The van der Waals surface area contributed by atoms with Gasteiger partial charge in [-0.05, 0) is 24.5 Å². The molecule has 21 heavy (non-hydrogen) atoms. The maximum atomic E-state index is 5.81. The van der Waals surface area contributed by atoms with E-state index in [2.05, 4.69) is 32.2 Å². The average Bonchev–Trinajstić information content (AvgIpc) is 3.12. The molecule has 4 rings (SSSR count). The van der Waals surface area contributed by atoms with Crippen molar-refractivity contribution in [3.63, 3.8) is 0 Å². The summed E-state index contributed by atoms with van der Waals surface area (Å²) in [6, 6.07) is 10.2. The van der Waals surface area contributed by atoms with E-state index in [0.717, 1.165) is 43.2 Å². The van der Waals surface area contributed by atoms with Gasteiger partial charge >= 0.3 is 0 Å². The normalized spacial score (nSPS) is 18.0. The van der Waals surface area contributed by atoms with Crippen molar-refractivity contribution in [1.82, 2.24) is 20.1 Å². The SMILES string of the molecule is c1ccc2oc(CNCC3CCc4nncn4C3)cc2c1. The van der Waals surface area contributed by atoms with Crippen LogP contribution in [-0.4, -0.2) is 21.3 Å². The van der Waals surface area contributed by atoms with Crippen molar-refractivity contribution in [2.45, 2.75) is 25.9 Å². The van der Waals surface area contributed by atoms with Gasteiger partial charge in [0, 0.05) is 24.9 Å². The van der Waals surface area contributed by atoms with Gasteiger partial charge in [-0.15, -0.1) is 10.2 Å². The van der Waals surface area contributed by atoms with Gasteiger partial charge in [0.05, 0.1) is 6.54 Å². The molecular weight excluding hydrogens is 264 g/mol. The molecule has 2 aromatic heterocycles. The van der Waals surface area contributed by atoms with Crippen LogP contribution in [0.4, 0.5) is 0 Å². The Hall–Kier alpha value is -2.14. The fourth-order valence-corrected chi connectivity index (χ4v) is 3.02. The summed E-state index contributed by atoms with van der Waals surface area (Å²) in [5, 5.41) is 12.8. The third-order valence-electron chi connectivity index (χ3n) is 4.14. The summed E-state index contributed by atoms with van der Waals surface area (Å²) in [6.45, 7) is 2.78. The van der Waals surface area contributed by atoms with Crippen molar-refractivity contribution in [2.24, 2.45) is 5.92 Å². The van der Waals surface area contributed by atoms with E-state index in [0.29, 0.717) is 5.92 Å². The van der Waals surface area contributed by atoms with E-state index in [1.54, 1.807) is 0 Å². The molecule has 0 spiro atoms. The summed E-state index contributed by atoms with van der Waals surface area (Å²) in [6.07, 6.45) is 4.03. The number of rotatable bonds is 4. The Morgan fingerprint density at radius 3 is 3.24 bits per heavy atom. The van der Waals surface area contributed by atoms with E-state index in [-0.39, 0.29) is 0 Å². The second-order valence-corrected chi connectivity index (χ2v) is 5.69. The Morgan fingerprint density at radius 1 is 1.33 bits per heavy atom. The molecule has 0 bridgehead atoms. The lowest BCUT2D eigenvalue weighted by Gasteiger charge is -2.23. The summed E-state index contributed by atoms with van der Waals surface area (Å²) in [4.78, 5) is 0. The molecule has 5 nitrogen and oxygen atoms in total. The lowest BCUT2D eigenvalue weighted by atomic mass is 9.99. The molecule has 0 saturated heterocycles. The third-order valence-corrected chi connectivity index (χ3v) is 4.14. The standard InChI is InChI=1S/C16H18N4O/c1-2-4-15-13(3-1)7-14(21-15)9-17-8-12-5-6-16-19-18-11-20(16)10-12/h1-4,7,11-12,17H,5-6,8-10H2. The first-order valence-corrected chi connectivity index (χ1v) is 7.43. The molecule has 3 aromatic rings. The maximum Gasteiger partial charge on any atom is 0.134 e. The molecule has 0 aliphatic carbocycles. The molecule has 0 amide bonds. The molecule has 3 heterocycles. The van der Waals surface area contributed by atoms with Gasteiger partial charge in [0.15, 0.2) is 0 Å². The highest BCUT2D eigenvalue weighted by atomic mass is 16.3. The van der Waals surface area contributed by atoms with Crippen LogP contribution in [0.1, 0.15) is 18.0 Å². The number of benzene rings is 1. The highest BCUT2D eigenvalue weighted by Crippen LogP contribution is 2.20. The zero-order valence-corrected chi connectivity index (χ0v) is 11.8. The van der Waals surface area contributed by atoms with E-state index >= 15 is 0 Å². The Morgan fingerprint density at radius 2 is 2.29 bits per heavy atom. The maximum absolute atomic E-state index is 5.81. The first-order valence-electron chi connectivity index (χ1n) is 7.43. The molecule has 1 atom stereocenters. The zero-order chi connectivity index (χ0) is 14.1. The molecule has 0 fully saturated rings.